The highest BCUT2D eigenvalue weighted by molar-refractivity contribution is 5.96. The number of carbonyl (C=O) groups is 2. The average Bonchev–Trinajstić information content (AvgIpc) is 3.47. The summed E-state index contributed by atoms with van der Waals surface area (Å²) < 4.78 is 12.7. The average molecular weight is 438 g/mol. The van der Waals surface area contributed by atoms with Crippen molar-refractivity contribution in [2.45, 2.75) is 39.4 Å². The Bertz CT molecular complexity index is 1010. The van der Waals surface area contributed by atoms with Crippen molar-refractivity contribution in [1.82, 2.24) is 14.4 Å². The molecule has 0 aliphatic rings. The molecule has 0 saturated carbocycles. The van der Waals surface area contributed by atoms with Crippen LogP contribution in [0, 0.1) is 0 Å². The highest BCUT2D eigenvalue weighted by Crippen LogP contribution is 2.17. The maximum Gasteiger partial charge on any atom is 0.254 e. The fourth-order valence-electron chi connectivity index (χ4n) is 3.47. The van der Waals surface area contributed by atoms with Crippen LogP contribution >= 0.6 is 0 Å². The summed E-state index contributed by atoms with van der Waals surface area (Å²) in [5, 5.41) is 0. The second-order valence-corrected chi connectivity index (χ2v) is 7.86. The van der Waals surface area contributed by atoms with Crippen LogP contribution in [0.2, 0.25) is 0 Å². The van der Waals surface area contributed by atoms with Crippen LogP contribution in [0.3, 0.4) is 0 Å². The van der Waals surface area contributed by atoms with Crippen molar-refractivity contribution in [3.8, 4) is 5.75 Å². The minimum absolute atomic E-state index is 0.00893. The Morgan fingerprint density at radius 3 is 2.41 bits per heavy atom. The van der Waals surface area contributed by atoms with Gasteiger partial charge in [0, 0.05) is 30.5 Å². The Morgan fingerprint density at radius 2 is 1.84 bits per heavy atom. The summed E-state index contributed by atoms with van der Waals surface area (Å²) in [5.74, 6) is 1.07. The van der Waals surface area contributed by atoms with Crippen molar-refractivity contribution < 1.29 is 18.7 Å². The second-order valence-electron chi connectivity index (χ2n) is 7.86. The van der Waals surface area contributed by atoms with E-state index in [2.05, 4.69) is 0 Å². The smallest absolute Gasteiger partial charge is 0.254 e. The molecule has 1 aromatic carbocycles. The lowest BCUT2D eigenvalue weighted by Gasteiger charge is -2.31. The number of hydrogen-bond acceptors (Lipinski definition) is 4. The van der Waals surface area contributed by atoms with Crippen LogP contribution in [0.15, 0.2) is 65.4 Å². The van der Waals surface area contributed by atoms with Crippen molar-refractivity contribution >= 4 is 11.8 Å². The molecule has 7 nitrogen and oxygen atoms in total. The first-order valence-electron chi connectivity index (χ1n) is 10.8. The van der Waals surface area contributed by atoms with Crippen LogP contribution in [0.4, 0.5) is 0 Å². The Labute approximate surface area is 189 Å². The van der Waals surface area contributed by atoms with E-state index in [1.807, 2.05) is 49.9 Å². The maximum absolute atomic E-state index is 13.4. The molecule has 3 aromatic rings. The van der Waals surface area contributed by atoms with Gasteiger partial charge in [-0.3, -0.25) is 9.59 Å². The van der Waals surface area contributed by atoms with E-state index in [0.29, 0.717) is 30.2 Å². The zero-order chi connectivity index (χ0) is 23.1. The molecule has 1 unspecified atom stereocenters. The minimum atomic E-state index is -0.174. The van der Waals surface area contributed by atoms with Gasteiger partial charge in [0.15, 0.2) is 0 Å². The predicted molar refractivity (Wildman–Crippen MR) is 122 cm³/mol. The molecule has 0 radical (unpaired) electrons. The van der Waals surface area contributed by atoms with E-state index in [4.69, 9.17) is 9.15 Å². The van der Waals surface area contributed by atoms with Gasteiger partial charge in [-0.2, -0.15) is 0 Å². The van der Waals surface area contributed by atoms with Crippen LogP contribution in [0.25, 0.3) is 0 Å². The van der Waals surface area contributed by atoms with Crippen LogP contribution in [-0.2, 0) is 24.9 Å². The van der Waals surface area contributed by atoms with E-state index in [-0.39, 0.29) is 24.4 Å². The summed E-state index contributed by atoms with van der Waals surface area (Å²) in [4.78, 5) is 30.1. The van der Waals surface area contributed by atoms with Gasteiger partial charge in [-0.05, 0) is 61.9 Å². The topological polar surface area (TPSA) is 67.9 Å². The number of ether oxygens (including phenoxy) is 1. The van der Waals surface area contributed by atoms with Gasteiger partial charge in [0.1, 0.15) is 18.1 Å². The number of benzene rings is 1. The molecule has 0 aliphatic carbocycles. The van der Waals surface area contributed by atoms with E-state index in [0.717, 1.165) is 12.1 Å². The normalized spacial score (nSPS) is 11.8. The number of amides is 2. The van der Waals surface area contributed by atoms with Gasteiger partial charge >= 0.3 is 0 Å². The number of carbonyl (C=O) groups excluding carboxylic acids is 2. The van der Waals surface area contributed by atoms with Gasteiger partial charge < -0.3 is 23.5 Å². The molecule has 3 rings (SSSR count). The highest BCUT2D eigenvalue weighted by Gasteiger charge is 2.26. The van der Waals surface area contributed by atoms with E-state index in [1.54, 1.807) is 53.5 Å². The number of furan rings is 1. The molecule has 170 valence electrons. The van der Waals surface area contributed by atoms with Crippen molar-refractivity contribution in [1.29, 1.82) is 0 Å². The number of aryl methyl sites for hydroxylation is 1. The summed E-state index contributed by atoms with van der Waals surface area (Å²) in [7, 11) is 3.53. The third-order valence-corrected chi connectivity index (χ3v) is 5.71. The van der Waals surface area contributed by atoms with Crippen molar-refractivity contribution in [3.63, 3.8) is 0 Å². The third-order valence-electron chi connectivity index (χ3n) is 5.71. The van der Waals surface area contributed by atoms with Crippen molar-refractivity contribution in [2.24, 2.45) is 7.05 Å². The Kier molecular flexibility index (Phi) is 7.76. The summed E-state index contributed by atoms with van der Waals surface area (Å²) in [6.45, 7) is 4.72. The number of methoxy groups -OCH3 is 1. The van der Waals surface area contributed by atoms with Crippen LogP contribution in [0.1, 0.15) is 42.1 Å². The first-order chi connectivity index (χ1) is 15.4. The molecular weight excluding hydrogens is 406 g/mol. The number of nitrogens with zero attached hydrogens (tertiary/aromatic N) is 3. The standard InChI is InChI=1S/C25H31N3O4/c1-5-19(2)28(25(30)20-10-12-22(31-4)13-11-20)18-24(29)27(17-23-9-7-15-32-23)16-21-8-6-14-26(21)3/h6-15,19H,5,16-18H2,1-4H3. The lowest BCUT2D eigenvalue weighted by Crippen LogP contribution is -2.46. The monoisotopic (exact) mass is 437 g/mol. The highest BCUT2D eigenvalue weighted by atomic mass is 16.5. The molecule has 2 aromatic heterocycles. The fourth-order valence-corrected chi connectivity index (χ4v) is 3.47. The predicted octanol–water partition coefficient (Wildman–Crippen LogP) is 4.10. The molecule has 2 heterocycles. The van der Waals surface area contributed by atoms with Gasteiger partial charge in [0.25, 0.3) is 5.91 Å². The van der Waals surface area contributed by atoms with E-state index < -0.39 is 0 Å². The Hall–Kier alpha value is -3.48. The van der Waals surface area contributed by atoms with Crippen LogP contribution < -0.4 is 4.74 Å². The number of rotatable bonds is 10. The van der Waals surface area contributed by atoms with Gasteiger partial charge in [0.05, 0.1) is 26.5 Å². The molecule has 32 heavy (non-hydrogen) atoms. The molecular formula is C25H31N3O4. The minimum Gasteiger partial charge on any atom is -0.497 e. The van der Waals surface area contributed by atoms with E-state index in [9.17, 15) is 9.59 Å². The molecule has 0 saturated heterocycles. The van der Waals surface area contributed by atoms with Gasteiger partial charge in [0.2, 0.25) is 5.91 Å². The Morgan fingerprint density at radius 1 is 1.09 bits per heavy atom. The fraction of sp³-hybridized carbons (Fsp3) is 0.360. The summed E-state index contributed by atoms with van der Waals surface area (Å²) in [6.07, 6.45) is 4.29. The Balaban J connectivity index is 1.81. The summed E-state index contributed by atoms with van der Waals surface area (Å²) in [6, 6.07) is 14.5. The summed E-state index contributed by atoms with van der Waals surface area (Å²) in [5.41, 5.74) is 1.53. The largest absolute Gasteiger partial charge is 0.497 e. The molecule has 2 amide bonds. The molecule has 0 spiro atoms. The quantitative estimate of drug-likeness (QED) is 0.479. The lowest BCUT2D eigenvalue weighted by molar-refractivity contribution is -0.134. The van der Waals surface area contributed by atoms with Crippen LogP contribution in [-0.4, -0.2) is 45.9 Å². The summed E-state index contributed by atoms with van der Waals surface area (Å²) >= 11 is 0. The third kappa shape index (κ3) is 5.60. The van der Waals surface area contributed by atoms with E-state index >= 15 is 0 Å². The molecule has 0 aliphatic heterocycles. The number of aromatic nitrogens is 1. The molecule has 0 bridgehead atoms. The van der Waals surface area contributed by atoms with Crippen molar-refractivity contribution in [2.75, 3.05) is 13.7 Å². The first-order valence-corrected chi connectivity index (χ1v) is 10.8. The van der Waals surface area contributed by atoms with E-state index in [1.165, 1.54) is 0 Å². The first kappa shape index (κ1) is 23.2. The van der Waals surface area contributed by atoms with Gasteiger partial charge in [-0.25, -0.2) is 0 Å². The van der Waals surface area contributed by atoms with Crippen molar-refractivity contribution in [3.05, 3.63) is 78.0 Å². The van der Waals surface area contributed by atoms with Crippen LogP contribution in [0.5, 0.6) is 5.75 Å². The maximum atomic E-state index is 13.4. The molecule has 7 heteroatoms. The number of hydrogen-bond donors (Lipinski definition) is 0. The zero-order valence-corrected chi connectivity index (χ0v) is 19.2. The zero-order valence-electron chi connectivity index (χ0n) is 19.2. The van der Waals surface area contributed by atoms with Gasteiger partial charge in [-0.15, -0.1) is 0 Å². The molecule has 0 fully saturated rings. The molecule has 1 atom stereocenters. The SMILES string of the molecule is CCC(C)N(CC(=O)N(Cc1ccco1)Cc1cccn1C)C(=O)c1ccc(OC)cc1. The lowest BCUT2D eigenvalue weighted by atomic mass is 10.1. The second kappa shape index (κ2) is 10.7. The van der Waals surface area contributed by atoms with Gasteiger partial charge in [-0.1, -0.05) is 6.92 Å². The molecule has 0 N–H and O–H groups in total.